The van der Waals surface area contributed by atoms with Crippen LogP contribution in [0.5, 0.6) is 5.75 Å². The van der Waals surface area contributed by atoms with Gasteiger partial charge in [0.05, 0.1) is 19.6 Å². The van der Waals surface area contributed by atoms with Crippen molar-refractivity contribution < 1.29 is 23.8 Å². The number of hydrogen-bond donors (Lipinski definition) is 1. The molecule has 0 saturated heterocycles. The lowest BCUT2D eigenvalue weighted by Gasteiger charge is -2.21. The minimum atomic E-state index is -0.911. The summed E-state index contributed by atoms with van der Waals surface area (Å²) in [6, 6.07) is 4.62. The highest BCUT2D eigenvalue weighted by Crippen LogP contribution is 2.24. The van der Waals surface area contributed by atoms with Crippen LogP contribution >= 0.6 is 0 Å². The summed E-state index contributed by atoms with van der Waals surface area (Å²) < 4.78 is 14.9. The van der Waals surface area contributed by atoms with Crippen LogP contribution < -0.4 is 10.5 Å². The Morgan fingerprint density at radius 1 is 1.25 bits per heavy atom. The second-order valence-electron chi connectivity index (χ2n) is 4.91. The number of esters is 2. The maximum absolute atomic E-state index is 12.0. The number of hydrogen-bond acceptors (Lipinski definition) is 6. The number of benzene rings is 1. The molecule has 0 radical (unpaired) electrons. The van der Waals surface area contributed by atoms with Gasteiger partial charge in [-0.15, -0.1) is 0 Å². The lowest BCUT2D eigenvalue weighted by molar-refractivity contribution is -0.152. The van der Waals surface area contributed by atoms with E-state index in [1.54, 1.807) is 19.9 Å². The average molecular weight is 281 g/mol. The highest BCUT2D eigenvalue weighted by atomic mass is 16.5. The number of carbonyl (C=O) groups excluding carboxylic acids is 2. The summed E-state index contributed by atoms with van der Waals surface area (Å²) in [5.41, 5.74) is 5.43. The summed E-state index contributed by atoms with van der Waals surface area (Å²) in [5, 5.41) is 0. The van der Waals surface area contributed by atoms with Gasteiger partial charge in [-0.1, -0.05) is 0 Å². The number of nitrogens with two attached hydrogens (primary N) is 1. The largest absolute Gasteiger partial charge is 0.496 e. The van der Waals surface area contributed by atoms with Gasteiger partial charge in [0.15, 0.2) is 0 Å². The third-order valence-electron chi connectivity index (χ3n) is 2.75. The summed E-state index contributed by atoms with van der Waals surface area (Å²) in [6.07, 6.45) is 0. The van der Waals surface area contributed by atoms with E-state index in [4.69, 9.17) is 15.2 Å². The molecule has 1 rings (SSSR count). The quantitative estimate of drug-likeness (QED) is 0.652. The van der Waals surface area contributed by atoms with Crippen LogP contribution in [0.2, 0.25) is 0 Å². The molecule has 0 aliphatic heterocycles. The molecule has 0 aliphatic carbocycles. The summed E-state index contributed by atoms with van der Waals surface area (Å²) in [5.74, 6) is -0.709. The van der Waals surface area contributed by atoms with E-state index in [1.165, 1.54) is 26.4 Å². The highest BCUT2D eigenvalue weighted by molar-refractivity contribution is 5.93. The van der Waals surface area contributed by atoms with E-state index in [0.29, 0.717) is 11.4 Å². The van der Waals surface area contributed by atoms with Gasteiger partial charge in [0, 0.05) is 11.8 Å². The second kappa shape index (κ2) is 6.27. The van der Waals surface area contributed by atoms with Crippen molar-refractivity contribution in [3.05, 3.63) is 23.8 Å². The lowest BCUT2D eigenvalue weighted by atomic mass is 9.95. The first-order chi connectivity index (χ1) is 9.31. The van der Waals surface area contributed by atoms with Crippen LogP contribution in [0.1, 0.15) is 24.2 Å². The van der Waals surface area contributed by atoms with E-state index in [0.717, 1.165) is 0 Å². The molecule has 0 saturated carbocycles. The predicted molar refractivity (Wildman–Crippen MR) is 73.5 cm³/mol. The van der Waals surface area contributed by atoms with Crippen molar-refractivity contribution in [3.63, 3.8) is 0 Å². The third kappa shape index (κ3) is 3.63. The molecule has 20 heavy (non-hydrogen) atoms. The summed E-state index contributed by atoms with van der Waals surface area (Å²) >= 11 is 0. The first kappa shape index (κ1) is 15.8. The summed E-state index contributed by atoms with van der Waals surface area (Å²) in [6.45, 7) is 3.17. The average Bonchev–Trinajstić information content (AvgIpc) is 2.43. The first-order valence-corrected chi connectivity index (χ1v) is 6.01. The maximum atomic E-state index is 12.0. The Balaban J connectivity index is 2.80. The molecule has 1 aromatic carbocycles. The van der Waals surface area contributed by atoms with Gasteiger partial charge in [0.25, 0.3) is 0 Å². The van der Waals surface area contributed by atoms with E-state index in [1.807, 2.05) is 0 Å². The standard InChI is InChI=1S/C14H19NO5/c1-14(2,13(17)19-4)8-20-12(16)10-6-5-9(15)7-11(10)18-3/h5-7H,8,15H2,1-4H3. The van der Waals surface area contributed by atoms with Gasteiger partial charge in [-0.05, 0) is 26.0 Å². The van der Waals surface area contributed by atoms with Crippen LogP contribution in [0.15, 0.2) is 18.2 Å². The maximum Gasteiger partial charge on any atom is 0.341 e. The topological polar surface area (TPSA) is 87.9 Å². The SMILES string of the molecule is COC(=O)C(C)(C)COC(=O)c1ccc(N)cc1OC. The highest BCUT2D eigenvalue weighted by Gasteiger charge is 2.31. The molecule has 110 valence electrons. The van der Waals surface area contributed by atoms with Crippen molar-refractivity contribution in [1.29, 1.82) is 0 Å². The zero-order chi connectivity index (χ0) is 15.3. The number of carbonyl (C=O) groups is 2. The molecule has 6 heteroatoms. The molecule has 6 nitrogen and oxygen atoms in total. The number of anilines is 1. The van der Waals surface area contributed by atoms with Crippen molar-refractivity contribution in [2.75, 3.05) is 26.6 Å². The minimum Gasteiger partial charge on any atom is -0.496 e. The second-order valence-corrected chi connectivity index (χ2v) is 4.91. The number of nitrogen functional groups attached to an aromatic ring is 1. The van der Waals surface area contributed by atoms with Crippen molar-refractivity contribution in [2.24, 2.45) is 5.41 Å². The monoisotopic (exact) mass is 281 g/mol. The fourth-order valence-corrected chi connectivity index (χ4v) is 1.54. The molecule has 0 amide bonds. The lowest BCUT2D eigenvalue weighted by Crippen LogP contribution is -2.32. The van der Waals surface area contributed by atoms with E-state index >= 15 is 0 Å². The van der Waals surface area contributed by atoms with Gasteiger partial charge in [-0.25, -0.2) is 4.79 Å². The zero-order valence-corrected chi connectivity index (χ0v) is 12.1. The first-order valence-electron chi connectivity index (χ1n) is 6.01. The van der Waals surface area contributed by atoms with Crippen LogP contribution in [0.3, 0.4) is 0 Å². The third-order valence-corrected chi connectivity index (χ3v) is 2.75. The number of rotatable bonds is 5. The molecule has 0 unspecified atom stereocenters. The van der Waals surface area contributed by atoms with E-state index in [2.05, 4.69) is 4.74 Å². The van der Waals surface area contributed by atoms with Gasteiger partial charge in [0.1, 0.15) is 17.9 Å². The van der Waals surface area contributed by atoms with Gasteiger partial charge < -0.3 is 19.9 Å². The molecule has 2 N–H and O–H groups in total. The molecule has 1 aromatic rings. The van der Waals surface area contributed by atoms with Crippen LogP contribution in [-0.2, 0) is 14.3 Å². The molecule has 0 fully saturated rings. The molecule has 0 atom stereocenters. The summed E-state index contributed by atoms with van der Waals surface area (Å²) in [7, 11) is 2.72. The molecule has 0 bridgehead atoms. The van der Waals surface area contributed by atoms with E-state index in [-0.39, 0.29) is 12.2 Å². The van der Waals surface area contributed by atoms with Gasteiger partial charge >= 0.3 is 11.9 Å². The summed E-state index contributed by atoms with van der Waals surface area (Å²) in [4.78, 5) is 23.5. The fraction of sp³-hybridized carbons (Fsp3) is 0.429. The Labute approximate surface area is 117 Å². The smallest absolute Gasteiger partial charge is 0.341 e. The fourth-order valence-electron chi connectivity index (χ4n) is 1.54. The number of ether oxygens (including phenoxy) is 3. The van der Waals surface area contributed by atoms with Gasteiger partial charge in [-0.2, -0.15) is 0 Å². The zero-order valence-electron chi connectivity index (χ0n) is 12.1. The number of methoxy groups -OCH3 is 2. The van der Waals surface area contributed by atoms with Crippen LogP contribution in [0, 0.1) is 5.41 Å². The van der Waals surface area contributed by atoms with Crippen molar-refractivity contribution in [3.8, 4) is 5.75 Å². The van der Waals surface area contributed by atoms with Crippen LogP contribution in [-0.4, -0.2) is 32.8 Å². The van der Waals surface area contributed by atoms with E-state index < -0.39 is 17.4 Å². The normalized spacial score (nSPS) is 10.8. The van der Waals surface area contributed by atoms with E-state index in [9.17, 15) is 9.59 Å². The molecular formula is C14H19NO5. The van der Waals surface area contributed by atoms with Crippen molar-refractivity contribution in [2.45, 2.75) is 13.8 Å². The minimum absolute atomic E-state index is 0.0912. The Hall–Kier alpha value is -2.24. The van der Waals surface area contributed by atoms with Crippen molar-refractivity contribution >= 4 is 17.6 Å². The Morgan fingerprint density at radius 3 is 2.45 bits per heavy atom. The Bertz CT molecular complexity index is 510. The van der Waals surface area contributed by atoms with Gasteiger partial charge in [-0.3, -0.25) is 4.79 Å². The molecule has 0 spiro atoms. The molecule has 0 heterocycles. The van der Waals surface area contributed by atoms with Crippen LogP contribution in [0.4, 0.5) is 5.69 Å². The van der Waals surface area contributed by atoms with Crippen LogP contribution in [0.25, 0.3) is 0 Å². The molecule has 0 aromatic heterocycles. The Kier molecular flexibility index (Phi) is 4.96. The van der Waals surface area contributed by atoms with Crippen molar-refractivity contribution in [1.82, 2.24) is 0 Å². The Morgan fingerprint density at radius 2 is 1.90 bits per heavy atom. The predicted octanol–water partition coefficient (Wildman–Crippen LogP) is 1.63. The molecular weight excluding hydrogens is 262 g/mol. The molecule has 0 aliphatic rings. The van der Waals surface area contributed by atoms with Gasteiger partial charge in [0.2, 0.25) is 0 Å².